The van der Waals surface area contributed by atoms with E-state index in [1.54, 1.807) is 0 Å². The van der Waals surface area contributed by atoms with Gasteiger partial charge in [-0.3, -0.25) is 4.79 Å². The van der Waals surface area contributed by atoms with Crippen molar-refractivity contribution in [3.63, 3.8) is 0 Å². The second-order valence-electron chi connectivity index (χ2n) is 5.88. The molecule has 0 radical (unpaired) electrons. The predicted octanol–water partition coefficient (Wildman–Crippen LogP) is 3.18. The molecule has 1 saturated heterocycles. The third kappa shape index (κ3) is 3.47. The monoisotopic (exact) mass is 371 g/mol. The molecule has 1 aliphatic rings. The van der Waals surface area contributed by atoms with Gasteiger partial charge in [0.15, 0.2) is 0 Å². The van der Waals surface area contributed by atoms with Gasteiger partial charge in [-0.05, 0) is 25.0 Å². The molecular formula is C17H14F5N3O. The highest BCUT2D eigenvalue weighted by Gasteiger charge is 2.29. The molecule has 1 amide bonds. The van der Waals surface area contributed by atoms with E-state index in [4.69, 9.17) is 0 Å². The third-order valence-electron chi connectivity index (χ3n) is 4.24. The summed E-state index contributed by atoms with van der Waals surface area (Å²) in [6.07, 6.45) is 0.537. The lowest BCUT2D eigenvalue weighted by Gasteiger charge is -2.34. The summed E-state index contributed by atoms with van der Waals surface area (Å²) in [6.45, 7) is 0.109. The van der Waals surface area contributed by atoms with Crippen molar-refractivity contribution < 1.29 is 26.7 Å². The van der Waals surface area contributed by atoms with E-state index in [9.17, 15) is 26.7 Å². The van der Waals surface area contributed by atoms with E-state index < -0.39 is 40.9 Å². The van der Waals surface area contributed by atoms with E-state index in [1.165, 1.54) is 18.2 Å². The largest absolute Gasteiger partial charge is 0.366 e. The van der Waals surface area contributed by atoms with Gasteiger partial charge >= 0.3 is 0 Å². The molecule has 138 valence electrons. The van der Waals surface area contributed by atoms with Crippen molar-refractivity contribution >= 4 is 11.6 Å². The number of nitrogens with zero attached hydrogens (tertiary/aromatic N) is 2. The summed E-state index contributed by atoms with van der Waals surface area (Å²) in [6, 6.07) is 5.13. The highest BCUT2D eigenvalue weighted by molar-refractivity contribution is 5.94. The highest BCUT2D eigenvalue weighted by Crippen LogP contribution is 2.28. The number of hydrogen-bond acceptors (Lipinski definition) is 3. The molecule has 4 nitrogen and oxygen atoms in total. The third-order valence-corrected chi connectivity index (χ3v) is 4.24. The molecule has 1 aliphatic heterocycles. The smallest absolute Gasteiger partial charge is 0.254 e. The molecule has 1 N–H and O–H groups in total. The lowest BCUT2D eigenvalue weighted by Crippen LogP contribution is -2.45. The first-order valence-electron chi connectivity index (χ1n) is 7.88. The van der Waals surface area contributed by atoms with Crippen molar-refractivity contribution in [3.05, 3.63) is 59.2 Å². The van der Waals surface area contributed by atoms with Gasteiger partial charge in [-0.25, -0.2) is 4.39 Å². The average molecular weight is 371 g/mol. The molecule has 3 rings (SSSR count). The molecule has 1 fully saturated rings. The fourth-order valence-electron chi connectivity index (χ4n) is 2.91. The minimum Gasteiger partial charge on any atom is -0.366 e. The maximum Gasteiger partial charge on any atom is 0.254 e. The maximum atomic E-state index is 13.8. The zero-order chi connectivity index (χ0) is 18.8. The van der Waals surface area contributed by atoms with Crippen molar-refractivity contribution in [3.8, 4) is 0 Å². The molecule has 26 heavy (non-hydrogen) atoms. The van der Waals surface area contributed by atoms with Crippen LogP contribution in [0, 0.1) is 29.3 Å². The first kappa shape index (κ1) is 18.1. The number of halogens is 5. The molecule has 2 aromatic rings. The number of carbonyl (C=O) groups excluding carboxylic acids is 1. The Morgan fingerprint density at radius 1 is 1.00 bits per heavy atom. The van der Waals surface area contributed by atoms with E-state index in [2.05, 4.69) is 10.3 Å². The lowest BCUT2D eigenvalue weighted by molar-refractivity contribution is 0.0927. The number of anilines is 1. The first-order chi connectivity index (χ1) is 12.4. The number of rotatable bonds is 3. The number of pyridine rings is 1. The summed E-state index contributed by atoms with van der Waals surface area (Å²) in [4.78, 5) is 15.8. The van der Waals surface area contributed by atoms with Crippen LogP contribution in [0.25, 0.3) is 0 Å². The van der Waals surface area contributed by atoms with E-state index in [0.717, 1.165) is 11.0 Å². The predicted molar refractivity (Wildman–Crippen MR) is 83.2 cm³/mol. The van der Waals surface area contributed by atoms with Crippen LogP contribution in [-0.4, -0.2) is 30.0 Å². The van der Waals surface area contributed by atoms with Crippen LogP contribution in [0.2, 0.25) is 0 Å². The van der Waals surface area contributed by atoms with Crippen LogP contribution in [0.1, 0.15) is 23.2 Å². The summed E-state index contributed by atoms with van der Waals surface area (Å²) in [5.41, 5.74) is -0.917. The number of piperidine rings is 1. The molecular weight excluding hydrogens is 357 g/mol. The molecule has 0 spiro atoms. The van der Waals surface area contributed by atoms with Gasteiger partial charge < -0.3 is 10.2 Å². The summed E-state index contributed by atoms with van der Waals surface area (Å²) in [7, 11) is 0. The van der Waals surface area contributed by atoms with E-state index in [0.29, 0.717) is 0 Å². The summed E-state index contributed by atoms with van der Waals surface area (Å²) >= 11 is 0. The molecule has 1 aromatic heterocycles. The number of hydrogen-bond donors (Lipinski definition) is 1. The fraction of sp³-hybridized carbons (Fsp3) is 0.294. The Bertz CT molecular complexity index is 811. The van der Waals surface area contributed by atoms with Gasteiger partial charge in [0.25, 0.3) is 17.8 Å². The molecule has 9 heteroatoms. The number of nitrogens with one attached hydrogen (secondary N) is 1. The Balaban J connectivity index is 1.67. The molecule has 0 aliphatic carbocycles. The van der Waals surface area contributed by atoms with Crippen LogP contribution >= 0.6 is 0 Å². The molecule has 1 aromatic carbocycles. The van der Waals surface area contributed by atoms with Gasteiger partial charge in [0.1, 0.15) is 11.5 Å². The molecule has 0 bridgehead atoms. The Morgan fingerprint density at radius 3 is 2.15 bits per heavy atom. The van der Waals surface area contributed by atoms with Crippen LogP contribution in [-0.2, 0) is 0 Å². The number of carbonyl (C=O) groups is 1. The van der Waals surface area contributed by atoms with E-state index in [1.807, 2.05) is 0 Å². The Morgan fingerprint density at radius 2 is 1.58 bits per heavy atom. The maximum absolute atomic E-state index is 13.8. The van der Waals surface area contributed by atoms with Crippen LogP contribution in [0.4, 0.5) is 27.6 Å². The SMILES string of the molecule is O=C(NC1CCN(c2c(F)c(F)nc(F)c2F)CC1)c1ccccc1F. The van der Waals surface area contributed by atoms with Gasteiger partial charge in [0.2, 0.25) is 11.6 Å². The molecule has 0 unspecified atom stereocenters. The van der Waals surface area contributed by atoms with Gasteiger partial charge in [0.05, 0.1) is 5.56 Å². The van der Waals surface area contributed by atoms with Crippen molar-refractivity contribution in [2.24, 2.45) is 0 Å². The van der Waals surface area contributed by atoms with Gasteiger partial charge in [-0.2, -0.15) is 22.5 Å². The second kappa shape index (κ2) is 7.27. The summed E-state index contributed by atoms with van der Waals surface area (Å²) in [5, 5.41) is 2.65. The van der Waals surface area contributed by atoms with Gasteiger partial charge in [0, 0.05) is 19.1 Å². The van der Waals surface area contributed by atoms with Crippen molar-refractivity contribution in [1.29, 1.82) is 0 Å². The van der Waals surface area contributed by atoms with Crippen LogP contribution < -0.4 is 10.2 Å². The normalized spacial score (nSPS) is 15.2. The summed E-state index contributed by atoms with van der Waals surface area (Å²) in [5.74, 6) is -7.80. The number of aromatic nitrogens is 1. The minimum absolute atomic E-state index is 0.0545. The molecule has 2 heterocycles. The molecule has 0 saturated carbocycles. The lowest BCUT2D eigenvalue weighted by atomic mass is 10.0. The first-order valence-corrected chi connectivity index (χ1v) is 7.88. The quantitative estimate of drug-likeness (QED) is 0.666. The highest BCUT2D eigenvalue weighted by atomic mass is 19.2. The van der Waals surface area contributed by atoms with Crippen molar-refractivity contribution in [2.45, 2.75) is 18.9 Å². The van der Waals surface area contributed by atoms with E-state index >= 15 is 0 Å². The number of benzene rings is 1. The Hall–Kier alpha value is -2.71. The van der Waals surface area contributed by atoms with Crippen LogP contribution in [0.5, 0.6) is 0 Å². The van der Waals surface area contributed by atoms with Crippen molar-refractivity contribution in [2.75, 3.05) is 18.0 Å². The Kier molecular flexibility index (Phi) is 5.06. The Labute approximate surface area is 145 Å². The van der Waals surface area contributed by atoms with E-state index in [-0.39, 0.29) is 37.5 Å². The standard InChI is InChI=1S/C17H14F5N3O/c18-11-4-2-1-3-10(11)17(26)23-9-5-7-25(8-6-9)14-12(19)15(21)24-16(22)13(14)20/h1-4,9H,5-8H2,(H,23,26). The van der Waals surface area contributed by atoms with Crippen molar-refractivity contribution in [1.82, 2.24) is 10.3 Å². The average Bonchev–Trinajstić information content (AvgIpc) is 2.62. The second-order valence-corrected chi connectivity index (χ2v) is 5.88. The van der Waals surface area contributed by atoms with Gasteiger partial charge in [-0.15, -0.1) is 0 Å². The van der Waals surface area contributed by atoms with Crippen LogP contribution in [0.15, 0.2) is 24.3 Å². The topological polar surface area (TPSA) is 45.2 Å². The fourth-order valence-corrected chi connectivity index (χ4v) is 2.91. The summed E-state index contributed by atoms with van der Waals surface area (Å²) < 4.78 is 67.7. The zero-order valence-corrected chi connectivity index (χ0v) is 13.4. The minimum atomic E-state index is -1.71. The number of amides is 1. The van der Waals surface area contributed by atoms with Crippen LogP contribution in [0.3, 0.4) is 0 Å². The van der Waals surface area contributed by atoms with Gasteiger partial charge in [-0.1, -0.05) is 12.1 Å². The molecule has 0 atom stereocenters. The zero-order valence-electron chi connectivity index (χ0n) is 13.4.